The Morgan fingerprint density at radius 1 is 1.53 bits per heavy atom. The molecule has 0 aliphatic heterocycles. The highest BCUT2D eigenvalue weighted by Gasteiger charge is 2.07. The molecule has 0 spiro atoms. The lowest BCUT2D eigenvalue weighted by Crippen LogP contribution is -1.92. The second-order valence-electron chi connectivity index (χ2n) is 3.06. The largest absolute Gasteiger partial charge is 0.383 e. The van der Waals surface area contributed by atoms with Crippen molar-refractivity contribution in [1.82, 2.24) is 20.2 Å². The molecule has 2 aromatic rings. The van der Waals surface area contributed by atoms with Crippen molar-refractivity contribution in [3.63, 3.8) is 0 Å². The fourth-order valence-corrected chi connectivity index (χ4v) is 1.27. The molecule has 2 rings (SSSR count). The quantitative estimate of drug-likeness (QED) is 0.261. The van der Waals surface area contributed by atoms with Gasteiger partial charge in [-0.25, -0.2) is 9.97 Å². The number of aromatic amines is 1. The Hall–Kier alpha value is -2.78. The molecule has 3 N–H and O–H groups in total. The summed E-state index contributed by atoms with van der Waals surface area (Å²) < 4.78 is 0. The van der Waals surface area contributed by atoms with Gasteiger partial charge in [-0.3, -0.25) is 5.10 Å². The average Bonchev–Trinajstić information content (AvgIpc) is 2.74. The highest BCUT2D eigenvalue weighted by Crippen LogP contribution is 2.17. The molecule has 0 unspecified atom stereocenters. The van der Waals surface area contributed by atoms with Crippen LogP contribution in [0.1, 0.15) is 12.1 Å². The number of fused-ring (bicyclic) bond motifs is 1. The maximum absolute atomic E-state index is 8.09. The van der Waals surface area contributed by atoms with Crippen LogP contribution in [0, 0.1) is 11.8 Å². The van der Waals surface area contributed by atoms with Gasteiger partial charge in [-0.05, 0) is 11.5 Å². The van der Waals surface area contributed by atoms with Crippen molar-refractivity contribution in [1.29, 1.82) is 0 Å². The third-order valence-corrected chi connectivity index (χ3v) is 1.99. The van der Waals surface area contributed by atoms with Crippen molar-refractivity contribution in [3.05, 3.63) is 22.5 Å². The van der Waals surface area contributed by atoms with E-state index in [2.05, 4.69) is 42.0 Å². The van der Waals surface area contributed by atoms with Gasteiger partial charge in [0.1, 0.15) is 17.8 Å². The van der Waals surface area contributed by atoms with Gasteiger partial charge in [0.25, 0.3) is 0 Å². The Morgan fingerprint density at radius 3 is 3.24 bits per heavy atom. The first-order chi connectivity index (χ1) is 8.33. The van der Waals surface area contributed by atoms with E-state index in [-0.39, 0.29) is 0 Å². The number of H-pyrrole nitrogens is 1. The van der Waals surface area contributed by atoms with Crippen LogP contribution in [0.5, 0.6) is 0 Å². The van der Waals surface area contributed by atoms with Crippen molar-refractivity contribution in [2.24, 2.45) is 5.11 Å². The first-order valence-electron chi connectivity index (χ1n) is 4.77. The van der Waals surface area contributed by atoms with Crippen LogP contribution < -0.4 is 5.73 Å². The highest BCUT2D eigenvalue weighted by molar-refractivity contribution is 5.89. The van der Waals surface area contributed by atoms with Gasteiger partial charge in [-0.1, -0.05) is 11.0 Å². The monoisotopic (exact) mass is 228 g/mol. The molecular formula is C9H8N8. The summed E-state index contributed by atoms with van der Waals surface area (Å²) in [5.74, 6) is 6.04. The van der Waals surface area contributed by atoms with E-state index in [0.717, 1.165) is 0 Å². The second kappa shape index (κ2) is 4.83. The van der Waals surface area contributed by atoms with Crippen LogP contribution in [0.25, 0.3) is 21.5 Å². The molecule has 2 aromatic heterocycles. The SMILES string of the molecule is [N-]=[N+]=NCCC#Cc1[nH]nc2ncnc(N)c12. The Kier molecular flexibility index (Phi) is 3.05. The lowest BCUT2D eigenvalue weighted by Gasteiger charge is -1.91. The molecule has 0 atom stereocenters. The smallest absolute Gasteiger partial charge is 0.187 e. The zero-order chi connectivity index (χ0) is 12.1. The third-order valence-electron chi connectivity index (χ3n) is 1.99. The predicted molar refractivity (Wildman–Crippen MR) is 61.6 cm³/mol. The molecule has 0 aliphatic rings. The van der Waals surface area contributed by atoms with Gasteiger partial charge in [-0.15, -0.1) is 0 Å². The van der Waals surface area contributed by atoms with Crippen LogP contribution in [-0.4, -0.2) is 26.7 Å². The molecule has 0 saturated heterocycles. The fourth-order valence-electron chi connectivity index (χ4n) is 1.27. The summed E-state index contributed by atoms with van der Waals surface area (Å²) in [6, 6.07) is 0. The Labute approximate surface area is 95.9 Å². The molecular weight excluding hydrogens is 220 g/mol. The minimum atomic E-state index is 0.335. The van der Waals surface area contributed by atoms with E-state index >= 15 is 0 Å². The molecule has 8 nitrogen and oxygen atoms in total. The predicted octanol–water partition coefficient (Wildman–Crippen LogP) is 0.987. The van der Waals surface area contributed by atoms with E-state index in [4.69, 9.17) is 11.3 Å². The number of aromatic nitrogens is 4. The number of nitrogens with two attached hydrogens (primary N) is 1. The first-order valence-corrected chi connectivity index (χ1v) is 4.77. The molecule has 0 bridgehead atoms. The van der Waals surface area contributed by atoms with E-state index in [0.29, 0.717) is 35.5 Å². The van der Waals surface area contributed by atoms with Crippen LogP contribution in [0.4, 0.5) is 5.82 Å². The van der Waals surface area contributed by atoms with E-state index in [1.165, 1.54) is 6.33 Å². The second-order valence-corrected chi connectivity index (χ2v) is 3.06. The Balaban J connectivity index is 2.27. The standard InChI is InChI=1S/C9H8N8/c10-8-7-6(3-1-2-4-14-17-11)15-16-9(7)13-5-12-8/h5H,2,4H2,(H3,10,12,13,15,16). The van der Waals surface area contributed by atoms with Crippen molar-refractivity contribution in [2.75, 3.05) is 12.3 Å². The number of rotatable bonds is 2. The van der Waals surface area contributed by atoms with Gasteiger partial charge in [0.2, 0.25) is 0 Å². The lowest BCUT2D eigenvalue weighted by atomic mass is 10.3. The maximum atomic E-state index is 8.09. The van der Waals surface area contributed by atoms with Crippen molar-refractivity contribution in [3.8, 4) is 11.8 Å². The normalized spacial score (nSPS) is 9.41. The van der Waals surface area contributed by atoms with Crippen molar-refractivity contribution in [2.45, 2.75) is 6.42 Å². The summed E-state index contributed by atoms with van der Waals surface area (Å²) in [5.41, 5.74) is 14.8. The van der Waals surface area contributed by atoms with E-state index in [1.807, 2.05) is 0 Å². The van der Waals surface area contributed by atoms with Crippen LogP contribution in [0.15, 0.2) is 11.4 Å². The molecule has 2 heterocycles. The molecule has 0 fully saturated rings. The topological polar surface area (TPSA) is 129 Å². The maximum Gasteiger partial charge on any atom is 0.187 e. The van der Waals surface area contributed by atoms with E-state index < -0.39 is 0 Å². The van der Waals surface area contributed by atoms with Crippen LogP contribution in [0.3, 0.4) is 0 Å². The number of nitrogens with zero attached hydrogens (tertiary/aromatic N) is 6. The molecule has 0 saturated carbocycles. The number of hydrogen-bond acceptors (Lipinski definition) is 5. The summed E-state index contributed by atoms with van der Waals surface area (Å²) in [6.07, 6.45) is 1.81. The highest BCUT2D eigenvalue weighted by atomic mass is 15.2. The third kappa shape index (κ3) is 2.25. The molecule has 0 amide bonds. The molecule has 8 heteroatoms. The molecule has 0 aliphatic carbocycles. The van der Waals surface area contributed by atoms with Gasteiger partial charge in [0.05, 0.1) is 5.39 Å². The molecule has 17 heavy (non-hydrogen) atoms. The lowest BCUT2D eigenvalue weighted by molar-refractivity contribution is 1.01. The van der Waals surface area contributed by atoms with Gasteiger partial charge >= 0.3 is 0 Å². The number of hydrogen-bond donors (Lipinski definition) is 2. The van der Waals surface area contributed by atoms with Gasteiger partial charge in [0, 0.05) is 17.9 Å². The minimum absolute atomic E-state index is 0.335. The van der Waals surface area contributed by atoms with Gasteiger partial charge < -0.3 is 5.73 Å². The first kappa shape index (κ1) is 10.7. The van der Waals surface area contributed by atoms with Crippen molar-refractivity contribution < 1.29 is 0 Å². The summed E-state index contributed by atoms with van der Waals surface area (Å²) in [7, 11) is 0. The summed E-state index contributed by atoms with van der Waals surface area (Å²) in [4.78, 5) is 10.5. The van der Waals surface area contributed by atoms with Crippen LogP contribution in [-0.2, 0) is 0 Å². The number of nitrogens with one attached hydrogen (secondary N) is 1. The van der Waals surface area contributed by atoms with Gasteiger partial charge in [-0.2, -0.15) is 5.10 Å². The molecule has 84 valence electrons. The van der Waals surface area contributed by atoms with Crippen molar-refractivity contribution >= 4 is 16.9 Å². The van der Waals surface area contributed by atoms with Crippen LogP contribution in [0.2, 0.25) is 0 Å². The summed E-state index contributed by atoms with van der Waals surface area (Å²) in [5, 5.41) is 10.7. The Bertz CT molecular complexity index is 640. The summed E-state index contributed by atoms with van der Waals surface area (Å²) >= 11 is 0. The number of azide groups is 1. The van der Waals surface area contributed by atoms with Gasteiger partial charge in [0.15, 0.2) is 5.65 Å². The summed E-state index contributed by atoms with van der Waals surface area (Å²) in [6.45, 7) is 0.335. The van der Waals surface area contributed by atoms with E-state index in [1.54, 1.807) is 0 Å². The number of anilines is 1. The van der Waals surface area contributed by atoms with E-state index in [9.17, 15) is 0 Å². The Morgan fingerprint density at radius 2 is 2.41 bits per heavy atom. The minimum Gasteiger partial charge on any atom is -0.383 e. The zero-order valence-corrected chi connectivity index (χ0v) is 8.75. The van der Waals surface area contributed by atoms with Crippen LogP contribution >= 0.6 is 0 Å². The average molecular weight is 228 g/mol. The number of nitrogen functional groups attached to an aromatic ring is 1. The zero-order valence-electron chi connectivity index (χ0n) is 8.75. The molecule has 0 aromatic carbocycles. The molecule has 0 radical (unpaired) electrons. The fraction of sp³-hybridized carbons (Fsp3) is 0.222.